The van der Waals surface area contributed by atoms with E-state index < -0.39 is 17.7 Å². The zero-order valence-corrected chi connectivity index (χ0v) is 28.3. The molecule has 3 fully saturated rings. The molecular formula is C31H49BrN4O3S2. The third-order valence-electron chi connectivity index (χ3n) is 8.22. The zero-order valence-electron chi connectivity index (χ0n) is 24.9. The molecule has 1 saturated carbocycles. The van der Waals surface area contributed by atoms with E-state index in [2.05, 4.69) is 45.9 Å². The van der Waals surface area contributed by atoms with Crippen molar-refractivity contribution in [1.29, 1.82) is 0 Å². The van der Waals surface area contributed by atoms with Crippen LogP contribution in [0.2, 0.25) is 0 Å². The lowest BCUT2D eigenvalue weighted by Crippen LogP contribution is -2.55. The highest BCUT2D eigenvalue weighted by molar-refractivity contribution is 8.93. The minimum atomic E-state index is -0.601. The van der Waals surface area contributed by atoms with E-state index in [1.165, 1.54) is 37.7 Å². The van der Waals surface area contributed by atoms with E-state index in [0.29, 0.717) is 23.6 Å². The number of likely N-dealkylation sites (tertiary alicyclic amines) is 1. The molecule has 2 atom stereocenters. The van der Waals surface area contributed by atoms with Gasteiger partial charge in [-0.1, -0.05) is 74.7 Å². The number of benzene rings is 1. The summed E-state index contributed by atoms with van der Waals surface area (Å²) in [6, 6.07) is 10.2. The molecule has 2 heterocycles. The average molecular weight is 670 g/mol. The summed E-state index contributed by atoms with van der Waals surface area (Å²) >= 11 is 7.54. The molecular weight excluding hydrogens is 620 g/mol. The zero-order chi connectivity index (χ0) is 28.5. The first kappa shape index (κ1) is 34.1. The van der Waals surface area contributed by atoms with Crippen molar-refractivity contribution in [3.05, 3.63) is 35.9 Å². The number of carbonyl (C=O) groups is 2. The largest absolute Gasteiger partial charge is 0.444 e. The molecule has 7 nitrogen and oxygen atoms in total. The molecule has 2 N–H and O–H groups in total. The van der Waals surface area contributed by atoms with Crippen molar-refractivity contribution in [1.82, 2.24) is 20.4 Å². The van der Waals surface area contributed by atoms with Gasteiger partial charge in [-0.25, -0.2) is 4.79 Å². The van der Waals surface area contributed by atoms with Crippen LogP contribution in [0.1, 0.15) is 84.1 Å². The van der Waals surface area contributed by atoms with E-state index >= 15 is 0 Å². The molecule has 0 radical (unpaired) electrons. The summed E-state index contributed by atoms with van der Waals surface area (Å²) in [7, 11) is 0. The molecule has 2 saturated heterocycles. The Balaban J connectivity index is 0.00000462. The molecule has 0 unspecified atom stereocenters. The maximum atomic E-state index is 13.5. The van der Waals surface area contributed by atoms with Gasteiger partial charge in [0.15, 0.2) is 0 Å². The highest BCUT2D eigenvalue weighted by Crippen LogP contribution is 2.28. The summed E-state index contributed by atoms with van der Waals surface area (Å²) in [6.45, 7) is 8.57. The van der Waals surface area contributed by atoms with E-state index in [1.54, 1.807) is 16.7 Å². The van der Waals surface area contributed by atoms with Gasteiger partial charge in [0.1, 0.15) is 11.6 Å². The number of rotatable bonds is 9. The average Bonchev–Trinajstić information content (AvgIpc) is 3.43. The van der Waals surface area contributed by atoms with Crippen LogP contribution in [-0.2, 0) is 16.1 Å². The van der Waals surface area contributed by atoms with Crippen LogP contribution in [0.15, 0.2) is 30.3 Å². The summed E-state index contributed by atoms with van der Waals surface area (Å²) in [5.41, 5.74) is 0.746. The molecule has 1 aliphatic carbocycles. The van der Waals surface area contributed by atoms with Gasteiger partial charge in [0.2, 0.25) is 5.91 Å². The number of ether oxygens (including phenoxy) is 1. The van der Waals surface area contributed by atoms with Gasteiger partial charge in [0.05, 0.1) is 16.9 Å². The number of thioether (sulfide) groups is 1. The van der Waals surface area contributed by atoms with Gasteiger partial charge in [-0.15, -0.1) is 28.7 Å². The van der Waals surface area contributed by atoms with E-state index in [9.17, 15) is 9.59 Å². The number of amides is 2. The lowest BCUT2D eigenvalue weighted by atomic mass is 9.85. The highest BCUT2D eigenvalue weighted by Gasteiger charge is 2.38. The SMILES string of the molecule is Br.CC(C)(C)OC(=O)N1CSC[C@H]1C(=O)N[C@H](CCC1CCCCC1)C(=S)NC1CCN(Cc2ccccc2)CC1. The minimum absolute atomic E-state index is 0. The van der Waals surface area contributed by atoms with Crippen LogP contribution in [0.4, 0.5) is 4.79 Å². The molecule has 4 rings (SSSR count). The van der Waals surface area contributed by atoms with Crippen LogP contribution in [0.25, 0.3) is 0 Å². The van der Waals surface area contributed by atoms with E-state index in [4.69, 9.17) is 17.0 Å². The smallest absolute Gasteiger partial charge is 0.411 e. The predicted molar refractivity (Wildman–Crippen MR) is 178 cm³/mol. The summed E-state index contributed by atoms with van der Waals surface area (Å²) in [5, 5.41) is 6.89. The quantitative estimate of drug-likeness (QED) is 0.299. The molecule has 230 valence electrons. The number of nitrogens with zero attached hydrogens (tertiary/aromatic N) is 2. The van der Waals surface area contributed by atoms with Crippen molar-refractivity contribution in [3.8, 4) is 0 Å². The van der Waals surface area contributed by atoms with Crippen molar-refractivity contribution in [3.63, 3.8) is 0 Å². The summed E-state index contributed by atoms with van der Waals surface area (Å²) in [5.74, 6) is 1.61. The fraction of sp³-hybridized carbons (Fsp3) is 0.710. The van der Waals surface area contributed by atoms with Gasteiger partial charge in [0, 0.05) is 31.4 Å². The number of carbonyl (C=O) groups excluding carboxylic acids is 2. The Labute approximate surface area is 267 Å². The first-order valence-corrected chi connectivity index (χ1v) is 16.7. The van der Waals surface area contributed by atoms with E-state index in [0.717, 1.165) is 50.3 Å². The van der Waals surface area contributed by atoms with Crippen molar-refractivity contribution in [2.75, 3.05) is 24.7 Å². The summed E-state index contributed by atoms with van der Waals surface area (Å²) in [6.07, 6.45) is 10.0. The Hall–Kier alpha value is -1.36. The normalized spacial score (nSPS) is 21.5. The molecule has 0 aromatic heterocycles. The van der Waals surface area contributed by atoms with Crippen molar-refractivity contribution in [2.24, 2.45) is 5.92 Å². The summed E-state index contributed by atoms with van der Waals surface area (Å²) < 4.78 is 5.58. The van der Waals surface area contributed by atoms with Crippen LogP contribution < -0.4 is 10.6 Å². The Morgan fingerprint density at radius 1 is 1.07 bits per heavy atom. The van der Waals surface area contributed by atoms with Gasteiger partial charge in [-0.2, -0.15) is 0 Å². The van der Waals surface area contributed by atoms with Gasteiger partial charge >= 0.3 is 6.09 Å². The number of hydrogen-bond donors (Lipinski definition) is 2. The Morgan fingerprint density at radius 2 is 1.76 bits per heavy atom. The van der Waals surface area contributed by atoms with Crippen LogP contribution >= 0.6 is 41.0 Å². The number of nitrogens with one attached hydrogen (secondary N) is 2. The van der Waals surface area contributed by atoms with Crippen molar-refractivity contribution < 1.29 is 14.3 Å². The molecule has 0 bridgehead atoms. The molecule has 41 heavy (non-hydrogen) atoms. The molecule has 10 heteroatoms. The number of thiocarbonyl (C=S) groups is 1. The molecule has 2 aliphatic heterocycles. The van der Waals surface area contributed by atoms with Gasteiger partial charge in [-0.3, -0.25) is 14.6 Å². The number of piperidine rings is 1. The first-order valence-electron chi connectivity index (χ1n) is 15.1. The number of hydrogen-bond acceptors (Lipinski definition) is 6. The second-order valence-corrected chi connectivity index (χ2v) is 14.1. The van der Waals surface area contributed by atoms with Gasteiger partial charge in [-0.05, 0) is 57.9 Å². The molecule has 2 amide bonds. The monoisotopic (exact) mass is 668 g/mol. The Bertz CT molecular complexity index is 979. The Kier molecular flexibility index (Phi) is 13.7. The fourth-order valence-electron chi connectivity index (χ4n) is 5.95. The fourth-order valence-corrected chi connectivity index (χ4v) is 7.44. The highest BCUT2D eigenvalue weighted by atomic mass is 79.9. The maximum Gasteiger partial charge on any atom is 0.411 e. The van der Waals surface area contributed by atoms with Crippen molar-refractivity contribution in [2.45, 2.75) is 109 Å². The third kappa shape index (κ3) is 11.0. The van der Waals surface area contributed by atoms with Crippen molar-refractivity contribution >= 4 is 58.0 Å². The molecule has 1 aromatic rings. The van der Waals surface area contributed by atoms with Gasteiger partial charge < -0.3 is 15.4 Å². The lowest BCUT2D eigenvalue weighted by molar-refractivity contribution is -0.125. The molecule has 3 aliphatic rings. The number of halogens is 1. The maximum absolute atomic E-state index is 13.5. The first-order chi connectivity index (χ1) is 19.2. The molecule has 1 aromatic carbocycles. The predicted octanol–water partition coefficient (Wildman–Crippen LogP) is 6.30. The van der Waals surface area contributed by atoms with Crippen LogP contribution in [0.5, 0.6) is 0 Å². The molecule has 0 spiro atoms. The lowest BCUT2D eigenvalue weighted by Gasteiger charge is -2.35. The van der Waals surface area contributed by atoms with E-state index in [-0.39, 0.29) is 28.9 Å². The second kappa shape index (κ2) is 16.5. The van der Waals surface area contributed by atoms with Crippen LogP contribution in [-0.4, -0.2) is 75.2 Å². The Morgan fingerprint density at radius 3 is 2.41 bits per heavy atom. The second-order valence-electron chi connectivity index (χ2n) is 12.7. The van der Waals surface area contributed by atoms with Crippen LogP contribution in [0.3, 0.4) is 0 Å². The standard InChI is InChI=1S/C31H48N4O3S2.BrH/c1-31(2,3)38-30(37)35-22-40-21-27(35)28(36)33-26(15-14-23-10-6-4-7-11-23)29(39)32-25-16-18-34(19-17-25)20-24-12-8-5-9-13-24;/h5,8-9,12-13,23,25-27H,4,6-7,10-11,14-22H2,1-3H3,(H,32,39)(H,33,36);1H/t26-,27+;/m1./s1. The van der Waals surface area contributed by atoms with Gasteiger partial charge in [0.25, 0.3) is 0 Å². The third-order valence-corrected chi connectivity index (χ3v) is 9.63. The minimum Gasteiger partial charge on any atom is -0.444 e. The van der Waals surface area contributed by atoms with E-state index in [1.807, 2.05) is 20.8 Å². The topological polar surface area (TPSA) is 73.9 Å². The summed E-state index contributed by atoms with van der Waals surface area (Å²) in [4.78, 5) is 31.1. The van der Waals surface area contributed by atoms with Crippen LogP contribution in [0, 0.1) is 5.92 Å².